The van der Waals surface area contributed by atoms with Crippen LogP contribution in [-0.4, -0.2) is 32.8 Å². The van der Waals surface area contributed by atoms with Gasteiger partial charge in [-0.1, -0.05) is 0 Å². The van der Waals surface area contributed by atoms with Crippen LogP contribution in [-0.2, 0) is 26.6 Å². The number of aryl methyl sites for hydroxylation is 1. The van der Waals surface area contributed by atoms with Crippen LogP contribution in [0.15, 0.2) is 44.9 Å². The Balaban J connectivity index is 1.60. The summed E-state index contributed by atoms with van der Waals surface area (Å²) in [6.45, 7) is 1.07. The Labute approximate surface area is 164 Å². The Bertz CT molecular complexity index is 1070. The lowest BCUT2D eigenvalue weighted by atomic mass is 9.96. The number of hydrogen-bond acceptors (Lipinski definition) is 6. The maximum atomic E-state index is 12.8. The first-order valence-corrected chi connectivity index (χ1v) is 9.67. The maximum absolute atomic E-state index is 12.8. The zero-order valence-electron chi connectivity index (χ0n) is 15.2. The van der Waals surface area contributed by atoms with Crippen molar-refractivity contribution in [2.45, 2.75) is 19.5 Å². The van der Waals surface area contributed by atoms with E-state index in [2.05, 4.69) is 10.3 Å². The first-order valence-electron chi connectivity index (χ1n) is 8.72. The van der Waals surface area contributed by atoms with E-state index in [1.807, 2.05) is 16.8 Å². The molecule has 0 saturated heterocycles. The Morgan fingerprint density at radius 1 is 1.39 bits per heavy atom. The molecule has 0 unspecified atom stereocenters. The predicted molar refractivity (Wildman–Crippen MR) is 102 cm³/mol. The van der Waals surface area contributed by atoms with E-state index in [9.17, 15) is 14.4 Å². The van der Waals surface area contributed by atoms with Crippen LogP contribution in [0.3, 0.4) is 0 Å². The van der Waals surface area contributed by atoms with Crippen molar-refractivity contribution >= 4 is 23.2 Å². The second kappa shape index (κ2) is 7.43. The summed E-state index contributed by atoms with van der Waals surface area (Å²) in [6.07, 6.45) is 4.64. The van der Waals surface area contributed by atoms with Gasteiger partial charge in [-0.25, -0.2) is 4.98 Å². The van der Waals surface area contributed by atoms with Crippen molar-refractivity contribution in [3.63, 3.8) is 0 Å². The molecule has 4 heterocycles. The molecule has 4 rings (SSSR count). The van der Waals surface area contributed by atoms with Gasteiger partial charge in [0.15, 0.2) is 12.1 Å². The van der Waals surface area contributed by atoms with Gasteiger partial charge < -0.3 is 19.2 Å². The smallest absolute Gasteiger partial charge is 0.276 e. The van der Waals surface area contributed by atoms with Crippen LogP contribution >= 0.6 is 11.3 Å². The SMILES string of the molecule is Cn1cc2c(c(C(=O)NCc3ccsc3)c1=O)CCN(C(=O)c1cocn1)C2. The number of oxazole rings is 1. The van der Waals surface area contributed by atoms with Crippen molar-refractivity contribution in [2.24, 2.45) is 7.05 Å². The van der Waals surface area contributed by atoms with Gasteiger partial charge in [0.05, 0.1) is 0 Å². The molecular weight excluding hydrogens is 380 g/mol. The van der Waals surface area contributed by atoms with E-state index in [1.165, 1.54) is 17.2 Å². The summed E-state index contributed by atoms with van der Waals surface area (Å²) >= 11 is 1.55. The number of carbonyl (C=O) groups is 2. The van der Waals surface area contributed by atoms with Crippen LogP contribution in [0.5, 0.6) is 0 Å². The van der Waals surface area contributed by atoms with Crippen molar-refractivity contribution in [1.82, 2.24) is 19.8 Å². The molecule has 9 heteroatoms. The average Bonchev–Trinajstić information content (AvgIpc) is 3.40. The van der Waals surface area contributed by atoms with Gasteiger partial charge in [-0.2, -0.15) is 11.3 Å². The Morgan fingerprint density at radius 3 is 2.96 bits per heavy atom. The van der Waals surface area contributed by atoms with Gasteiger partial charge in [-0.15, -0.1) is 0 Å². The summed E-state index contributed by atoms with van der Waals surface area (Å²) in [7, 11) is 1.61. The zero-order chi connectivity index (χ0) is 19.7. The van der Waals surface area contributed by atoms with Crippen molar-refractivity contribution in [1.29, 1.82) is 0 Å². The number of nitrogens with one attached hydrogen (secondary N) is 1. The van der Waals surface area contributed by atoms with Crippen LogP contribution in [0.4, 0.5) is 0 Å². The van der Waals surface area contributed by atoms with Gasteiger partial charge in [0.2, 0.25) is 0 Å². The number of rotatable bonds is 4. The minimum absolute atomic E-state index is 0.156. The summed E-state index contributed by atoms with van der Waals surface area (Å²) < 4.78 is 6.27. The summed E-state index contributed by atoms with van der Waals surface area (Å²) in [4.78, 5) is 43.5. The normalized spacial score (nSPS) is 13.2. The van der Waals surface area contributed by atoms with Gasteiger partial charge in [-0.3, -0.25) is 14.4 Å². The van der Waals surface area contributed by atoms with Crippen LogP contribution in [0.2, 0.25) is 0 Å². The van der Waals surface area contributed by atoms with Crippen LogP contribution in [0.25, 0.3) is 0 Å². The lowest BCUT2D eigenvalue weighted by Gasteiger charge is -2.29. The molecule has 0 spiro atoms. The Hall–Kier alpha value is -3.20. The zero-order valence-corrected chi connectivity index (χ0v) is 16.0. The van der Waals surface area contributed by atoms with E-state index < -0.39 is 0 Å². The van der Waals surface area contributed by atoms with E-state index in [0.717, 1.165) is 11.1 Å². The van der Waals surface area contributed by atoms with Crippen molar-refractivity contribution in [2.75, 3.05) is 6.54 Å². The molecule has 0 radical (unpaired) electrons. The first-order chi connectivity index (χ1) is 13.5. The standard InChI is InChI=1S/C19H18N4O4S/c1-22-7-13-8-23(18(25)15-9-27-11-21-15)4-2-14(13)16(19(22)26)17(24)20-6-12-3-5-28-10-12/h3,5,7,9-11H,2,4,6,8H2,1H3,(H,20,24). The number of hydrogen-bond donors (Lipinski definition) is 1. The second-order valence-electron chi connectivity index (χ2n) is 6.59. The second-order valence-corrected chi connectivity index (χ2v) is 7.37. The fourth-order valence-corrected chi connectivity index (χ4v) is 4.01. The molecule has 0 aromatic carbocycles. The van der Waals surface area contributed by atoms with E-state index in [-0.39, 0.29) is 28.6 Å². The molecule has 144 valence electrons. The van der Waals surface area contributed by atoms with E-state index in [1.54, 1.807) is 29.5 Å². The molecule has 0 aliphatic carbocycles. The lowest BCUT2D eigenvalue weighted by Crippen LogP contribution is -2.41. The molecular formula is C19H18N4O4S. The van der Waals surface area contributed by atoms with Crippen molar-refractivity contribution in [3.8, 4) is 0 Å². The number of amides is 2. The molecule has 0 saturated carbocycles. The highest BCUT2D eigenvalue weighted by atomic mass is 32.1. The van der Waals surface area contributed by atoms with Gasteiger partial charge >= 0.3 is 0 Å². The summed E-state index contributed by atoms with van der Waals surface area (Å²) in [5.41, 5.74) is 2.54. The van der Waals surface area contributed by atoms with E-state index in [4.69, 9.17) is 4.42 Å². The Kier molecular flexibility index (Phi) is 4.82. The highest BCUT2D eigenvalue weighted by Gasteiger charge is 2.28. The van der Waals surface area contributed by atoms with Crippen LogP contribution in [0, 0.1) is 0 Å². The average molecular weight is 398 g/mol. The number of thiophene rings is 1. The van der Waals surface area contributed by atoms with Crippen molar-refractivity contribution < 1.29 is 14.0 Å². The minimum Gasteiger partial charge on any atom is -0.451 e. The third kappa shape index (κ3) is 3.36. The first kappa shape index (κ1) is 18.2. The Morgan fingerprint density at radius 2 is 2.25 bits per heavy atom. The van der Waals surface area contributed by atoms with Gasteiger partial charge in [-0.05, 0) is 39.9 Å². The molecule has 1 N–H and O–H groups in total. The van der Waals surface area contributed by atoms with Gasteiger partial charge in [0, 0.05) is 32.9 Å². The lowest BCUT2D eigenvalue weighted by molar-refractivity contribution is 0.0728. The van der Waals surface area contributed by atoms with Gasteiger partial charge in [0.1, 0.15) is 11.8 Å². The summed E-state index contributed by atoms with van der Waals surface area (Å²) in [5, 5.41) is 6.71. The molecule has 0 atom stereocenters. The number of aromatic nitrogens is 2. The molecule has 0 bridgehead atoms. The monoisotopic (exact) mass is 398 g/mol. The number of pyridine rings is 1. The third-order valence-electron chi connectivity index (χ3n) is 4.76. The molecule has 3 aromatic heterocycles. The third-order valence-corrected chi connectivity index (χ3v) is 5.50. The summed E-state index contributed by atoms with van der Waals surface area (Å²) in [5.74, 6) is -0.628. The number of nitrogens with zero attached hydrogens (tertiary/aromatic N) is 3. The maximum Gasteiger partial charge on any atom is 0.276 e. The van der Waals surface area contributed by atoms with Gasteiger partial charge in [0.25, 0.3) is 17.4 Å². The molecule has 0 fully saturated rings. The molecule has 8 nitrogen and oxygen atoms in total. The van der Waals surface area contributed by atoms with Crippen molar-refractivity contribution in [3.05, 3.63) is 74.0 Å². The number of carbonyl (C=O) groups excluding carboxylic acids is 2. The highest BCUT2D eigenvalue weighted by molar-refractivity contribution is 7.07. The van der Waals surface area contributed by atoms with E-state index in [0.29, 0.717) is 31.6 Å². The fraction of sp³-hybridized carbons (Fsp3) is 0.263. The highest BCUT2D eigenvalue weighted by Crippen LogP contribution is 2.22. The fourth-order valence-electron chi connectivity index (χ4n) is 3.34. The molecule has 2 amide bonds. The molecule has 1 aliphatic rings. The molecule has 28 heavy (non-hydrogen) atoms. The van der Waals surface area contributed by atoms with Crippen LogP contribution < -0.4 is 10.9 Å². The topological polar surface area (TPSA) is 97.4 Å². The predicted octanol–water partition coefficient (Wildman–Crippen LogP) is 1.56. The van der Waals surface area contributed by atoms with E-state index >= 15 is 0 Å². The number of fused-ring (bicyclic) bond motifs is 1. The minimum atomic E-state index is -0.389. The largest absolute Gasteiger partial charge is 0.451 e. The molecule has 1 aliphatic heterocycles. The van der Waals surface area contributed by atoms with Crippen LogP contribution in [0.1, 0.15) is 37.5 Å². The summed E-state index contributed by atoms with van der Waals surface area (Å²) in [6, 6.07) is 1.93. The molecule has 3 aromatic rings. The quantitative estimate of drug-likeness (QED) is 0.719.